The molecule has 0 saturated heterocycles. The lowest BCUT2D eigenvalue weighted by Crippen LogP contribution is -2.34. The predicted octanol–water partition coefficient (Wildman–Crippen LogP) is 0.888. The molecule has 3 N–H and O–H groups in total. The maximum absolute atomic E-state index is 11.4. The van der Waals surface area contributed by atoms with Gasteiger partial charge in [0.2, 0.25) is 0 Å². The van der Waals surface area contributed by atoms with Gasteiger partial charge in [0.25, 0.3) is 5.91 Å². The molecule has 72 valence electrons. The molecule has 0 saturated carbocycles. The van der Waals surface area contributed by atoms with Gasteiger partial charge in [-0.15, -0.1) is 0 Å². The number of aromatic amines is 1. The summed E-state index contributed by atoms with van der Waals surface area (Å²) in [7, 11) is 0. The summed E-state index contributed by atoms with van der Waals surface area (Å²) in [6, 6.07) is 1.46. The van der Waals surface area contributed by atoms with Crippen LogP contribution in [0, 0.1) is 0 Å². The fourth-order valence-electron chi connectivity index (χ4n) is 0.850. The quantitative estimate of drug-likeness (QED) is 0.742. The molecular formula is C8H11BrN2O2. The highest BCUT2D eigenvalue weighted by atomic mass is 79.9. The van der Waals surface area contributed by atoms with E-state index >= 15 is 0 Å². The highest BCUT2D eigenvalue weighted by Gasteiger charge is 2.09. The topological polar surface area (TPSA) is 65.1 Å². The summed E-state index contributed by atoms with van der Waals surface area (Å²) < 4.78 is 0.759. The fourth-order valence-corrected chi connectivity index (χ4v) is 1.21. The van der Waals surface area contributed by atoms with E-state index in [-0.39, 0.29) is 18.6 Å². The van der Waals surface area contributed by atoms with Gasteiger partial charge < -0.3 is 15.4 Å². The average Bonchev–Trinajstić information content (AvgIpc) is 2.51. The zero-order chi connectivity index (χ0) is 9.84. The van der Waals surface area contributed by atoms with E-state index in [2.05, 4.69) is 26.2 Å². The molecule has 1 aromatic heterocycles. The van der Waals surface area contributed by atoms with Crippen molar-refractivity contribution in [2.45, 2.75) is 13.0 Å². The standard InChI is InChI=1S/C8H11BrN2O2/c1-5(4-12)11-8(13)6-2-7(9)10-3-6/h2-3,5,10,12H,4H2,1H3,(H,11,13)/t5-/m0/s1. The van der Waals surface area contributed by atoms with Gasteiger partial charge in [0.1, 0.15) is 0 Å². The molecule has 1 heterocycles. The number of carbonyl (C=O) groups is 1. The van der Waals surface area contributed by atoms with Gasteiger partial charge in [0.15, 0.2) is 0 Å². The lowest BCUT2D eigenvalue weighted by molar-refractivity contribution is 0.0922. The van der Waals surface area contributed by atoms with Gasteiger partial charge in [-0.2, -0.15) is 0 Å². The molecule has 1 aromatic rings. The summed E-state index contributed by atoms with van der Waals surface area (Å²) in [6.45, 7) is 1.68. The number of nitrogens with one attached hydrogen (secondary N) is 2. The molecule has 0 aliphatic carbocycles. The van der Waals surface area contributed by atoms with Gasteiger partial charge in [0.05, 0.1) is 16.8 Å². The minimum Gasteiger partial charge on any atom is -0.394 e. The third kappa shape index (κ3) is 2.86. The number of aromatic nitrogens is 1. The molecule has 0 radical (unpaired) electrons. The number of aliphatic hydroxyl groups is 1. The van der Waals surface area contributed by atoms with E-state index in [0.29, 0.717) is 5.56 Å². The summed E-state index contributed by atoms with van der Waals surface area (Å²) in [5, 5.41) is 11.3. The molecule has 0 aliphatic heterocycles. The van der Waals surface area contributed by atoms with E-state index in [4.69, 9.17) is 5.11 Å². The monoisotopic (exact) mass is 246 g/mol. The molecule has 1 amide bonds. The van der Waals surface area contributed by atoms with E-state index in [1.165, 1.54) is 0 Å². The Morgan fingerprint density at radius 1 is 1.85 bits per heavy atom. The smallest absolute Gasteiger partial charge is 0.253 e. The molecule has 1 atom stereocenters. The number of carbonyl (C=O) groups excluding carboxylic acids is 1. The van der Waals surface area contributed by atoms with Crippen LogP contribution in [0.4, 0.5) is 0 Å². The summed E-state index contributed by atoms with van der Waals surface area (Å²) in [5.74, 6) is -0.191. The molecule has 1 rings (SSSR count). The molecular weight excluding hydrogens is 236 g/mol. The molecule has 0 aromatic carbocycles. The van der Waals surface area contributed by atoms with Crippen molar-refractivity contribution in [3.63, 3.8) is 0 Å². The molecule has 4 nitrogen and oxygen atoms in total. The van der Waals surface area contributed by atoms with Crippen LogP contribution in [0.3, 0.4) is 0 Å². The first kappa shape index (κ1) is 10.3. The third-order valence-corrected chi connectivity index (χ3v) is 2.02. The number of halogens is 1. The highest BCUT2D eigenvalue weighted by molar-refractivity contribution is 9.10. The number of hydrogen-bond donors (Lipinski definition) is 3. The Kier molecular flexibility index (Phi) is 3.50. The van der Waals surface area contributed by atoms with Crippen molar-refractivity contribution in [2.24, 2.45) is 0 Å². The van der Waals surface area contributed by atoms with Crippen molar-refractivity contribution >= 4 is 21.8 Å². The molecule has 0 fully saturated rings. The Hall–Kier alpha value is -0.810. The van der Waals surface area contributed by atoms with Gasteiger partial charge in [0, 0.05) is 12.2 Å². The lowest BCUT2D eigenvalue weighted by Gasteiger charge is -2.08. The Labute approximate surface area is 84.5 Å². The maximum atomic E-state index is 11.4. The van der Waals surface area contributed by atoms with Crippen LogP contribution < -0.4 is 5.32 Å². The van der Waals surface area contributed by atoms with Crippen LogP contribution in [0.25, 0.3) is 0 Å². The van der Waals surface area contributed by atoms with Gasteiger partial charge in [-0.1, -0.05) is 0 Å². The molecule has 5 heteroatoms. The molecule has 0 bridgehead atoms. The van der Waals surface area contributed by atoms with E-state index in [9.17, 15) is 4.79 Å². The molecule has 0 spiro atoms. The molecule has 0 aliphatic rings. The molecule has 0 unspecified atom stereocenters. The van der Waals surface area contributed by atoms with Gasteiger partial charge in [-0.05, 0) is 28.9 Å². The van der Waals surface area contributed by atoms with Crippen molar-refractivity contribution in [3.05, 3.63) is 22.4 Å². The van der Waals surface area contributed by atoms with E-state index in [0.717, 1.165) is 4.60 Å². The number of H-pyrrole nitrogens is 1. The number of hydrogen-bond acceptors (Lipinski definition) is 2. The Morgan fingerprint density at radius 3 is 3.00 bits per heavy atom. The van der Waals surface area contributed by atoms with E-state index in [1.54, 1.807) is 19.2 Å². The van der Waals surface area contributed by atoms with Crippen LogP contribution >= 0.6 is 15.9 Å². The second-order valence-electron chi connectivity index (χ2n) is 2.79. The number of rotatable bonds is 3. The van der Waals surface area contributed by atoms with Crippen molar-refractivity contribution < 1.29 is 9.90 Å². The largest absolute Gasteiger partial charge is 0.394 e. The van der Waals surface area contributed by atoms with Crippen LogP contribution in [0.5, 0.6) is 0 Å². The first-order chi connectivity index (χ1) is 6.13. The fraction of sp³-hybridized carbons (Fsp3) is 0.375. The van der Waals surface area contributed by atoms with Crippen molar-refractivity contribution in [1.82, 2.24) is 10.3 Å². The van der Waals surface area contributed by atoms with Crippen LogP contribution in [-0.4, -0.2) is 28.6 Å². The van der Waals surface area contributed by atoms with Gasteiger partial charge in [-0.25, -0.2) is 0 Å². The minimum atomic E-state index is -0.221. The first-order valence-electron chi connectivity index (χ1n) is 3.89. The first-order valence-corrected chi connectivity index (χ1v) is 4.68. The summed E-state index contributed by atoms with van der Waals surface area (Å²) in [4.78, 5) is 14.2. The zero-order valence-electron chi connectivity index (χ0n) is 7.17. The SMILES string of the molecule is C[C@@H](CO)NC(=O)c1c[nH]c(Br)c1. The average molecular weight is 247 g/mol. The Balaban J connectivity index is 2.58. The second-order valence-corrected chi connectivity index (χ2v) is 3.65. The lowest BCUT2D eigenvalue weighted by atomic mass is 10.3. The molecule has 13 heavy (non-hydrogen) atoms. The maximum Gasteiger partial charge on any atom is 0.253 e. The number of aliphatic hydroxyl groups excluding tert-OH is 1. The van der Waals surface area contributed by atoms with Crippen LogP contribution in [-0.2, 0) is 0 Å². The Morgan fingerprint density at radius 2 is 2.54 bits per heavy atom. The Bertz CT molecular complexity index is 298. The van der Waals surface area contributed by atoms with Crippen molar-refractivity contribution in [2.75, 3.05) is 6.61 Å². The second kappa shape index (κ2) is 4.43. The van der Waals surface area contributed by atoms with E-state index < -0.39 is 0 Å². The third-order valence-electron chi connectivity index (χ3n) is 1.56. The summed E-state index contributed by atoms with van der Waals surface area (Å²) in [5.41, 5.74) is 0.548. The zero-order valence-corrected chi connectivity index (χ0v) is 8.76. The van der Waals surface area contributed by atoms with Gasteiger partial charge in [-0.3, -0.25) is 4.79 Å². The van der Waals surface area contributed by atoms with Crippen LogP contribution in [0.15, 0.2) is 16.9 Å². The summed E-state index contributed by atoms with van der Waals surface area (Å²) in [6.07, 6.45) is 1.60. The minimum absolute atomic E-state index is 0.0582. The normalized spacial score (nSPS) is 12.5. The van der Waals surface area contributed by atoms with Crippen molar-refractivity contribution in [3.8, 4) is 0 Å². The van der Waals surface area contributed by atoms with Crippen molar-refractivity contribution in [1.29, 1.82) is 0 Å². The van der Waals surface area contributed by atoms with Gasteiger partial charge >= 0.3 is 0 Å². The number of amides is 1. The van der Waals surface area contributed by atoms with Crippen LogP contribution in [0.1, 0.15) is 17.3 Å². The highest BCUT2D eigenvalue weighted by Crippen LogP contribution is 2.09. The summed E-state index contributed by atoms with van der Waals surface area (Å²) >= 11 is 3.20. The van der Waals surface area contributed by atoms with Crippen LogP contribution in [0.2, 0.25) is 0 Å². The predicted molar refractivity (Wildman–Crippen MR) is 52.5 cm³/mol. The van der Waals surface area contributed by atoms with E-state index in [1.807, 2.05) is 0 Å².